The van der Waals surface area contributed by atoms with Gasteiger partial charge in [0.2, 0.25) is 5.13 Å². The Morgan fingerprint density at radius 3 is 2.53 bits per heavy atom. The molecule has 106 valence electrons. The molecule has 19 heavy (non-hydrogen) atoms. The molecular formula is C12H19N3O3S. The number of nitrogens with one attached hydrogen (secondary N) is 1. The molecule has 0 aromatic carbocycles. The summed E-state index contributed by atoms with van der Waals surface area (Å²) >= 11 is 1.21. The van der Waals surface area contributed by atoms with Crippen molar-refractivity contribution in [2.24, 2.45) is 0 Å². The summed E-state index contributed by atoms with van der Waals surface area (Å²) in [6, 6.07) is 0. The highest BCUT2D eigenvalue weighted by molar-refractivity contribution is 7.09. The van der Waals surface area contributed by atoms with Crippen molar-refractivity contribution in [3.63, 3.8) is 0 Å². The summed E-state index contributed by atoms with van der Waals surface area (Å²) in [5.74, 6) is -0.129. The average molecular weight is 285 g/mol. The van der Waals surface area contributed by atoms with Crippen molar-refractivity contribution in [3.05, 3.63) is 5.82 Å². The van der Waals surface area contributed by atoms with Crippen molar-refractivity contribution in [2.75, 3.05) is 18.5 Å². The van der Waals surface area contributed by atoms with Crippen LogP contribution in [0.15, 0.2) is 0 Å². The van der Waals surface area contributed by atoms with E-state index in [9.17, 15) is 9.90 Å². The molecule has 2 rings (SSSR count). The van der Waals surface area contributed by atoms with E-state index in [4.69, 9.17) is 4.74 Å². The van der Waals surface area contributed by atoms with Gasteiger partial charge in [0.25, 0.3) is 0 Å². The van der Waals surface area contributed by atoms with Gasteiger partial charge in [-0.1, -0.05) is 20.8 Å². The van der Waals surface area contributed by atoms with E-state index in [0.717, 1.165) is 5.82 Å². The number of carboxylic acid groups (broad SMARTS) is 1. The zero-order chi connectivity index (χ0) is 14.1. The summed E-state index contributed by atoms with van der Waals surface area (Å²) < 4.78 is 9.52. The van der Waals surface area contributed by atoms with Gasteiger partial charge in [0, 0.05) is 43.0 Å². The van der Waals surface area contributed by atoms with Gasteiger partial charge in [-0.2, -0.15) is 4.37 Å². The molecule has 0 atom stereocenters. The largest absolute Gasteiger partial charge is 0.480 e. The van der Waals surface area contributed by atoms with Gasteiger partial charge in [0.1, 0.15) is 11.4 Å². The molecule has 0 saturated carbocycles. The molecule has 1 aromatic rings. The SMILES string of the molecule is CC(C)(C)c1nsc(NC2(C(=O)O)CCOCC2)n1. The van der Waals surface area contributed by atoms with Crippen molar-refractivity contribution in [2.45, 2.75) is 44.6 Å². The van der Waals surface area contributed by atoms with Crippen molar-refractivity contribution in [1.29, 1.82) is 0 Å². The third-order valence-electron chi connectivity index (χ3n) is 3.20. The molecule has 0 bridgehead atoms. The first-order chi connectivity index (χ1) is 8.83. The number of nitrogens with zero attached hydrogens (tertiary/aromatic N) is 2. The van der Waals surface area contributed by atoms with Gasteiger partial charge in [0.15, 0.2) is 0 Å². The van der Waals surface area contributed by atoms with Crippen LogP contribution in [-0.2, 0) is 14.9 Å². The number of rotatable bonds is 3. The Bertz CT molecular complexity index is 461. The van der Waals surface area contributed by atoms with E-state index in [1.807, 2.05) is 20.8 Å². The number of aliphatic carboxylic acids is 1. The molecule has 0 aliphatic carbocycles. The van der Waals surface area contributed by atoms with Crippen molar-refractivity contribution in [3.8, 4) is 0 Å². The molecule has 2 N–H and O–H groups in total. The Hall–Kier alpha value is -1.21. The van der Waals surface area contributed by atoms with Gasteiger partial charge in [-0.05, 0) is 0 Å². The second-order valence-corrected chi connectivity index (χ2v) is 6.55. The fraction of sp³-hybridized carbons (Fsp3) is 0.750. The van der Waals surface area contributed by atoms with E-state index in [0.29, 0.717) is 31.2 Å². The van der Waals surface area contributed by atoms with Gasteiger partial charge in [-0.15, -0.1) is 0 Å². The lowest BCUT2D eigenvalue weighted by Gasteiger charge is -2.33. The van der Waals surface area contributed by atoms with Gasteiger partial charge in [-0.25, -0.2) is 9.78 Å². The van der Waals surface area contributed by atoms with Crippen LogP contribution in [0, 0.1) is 0 Å². The normalized spacial score (nSPS) is 19.1. The first-order valence-corrected chi connectivity index (χ1v) is 7.04. The number of anilines is 1. The maximum absolute atomic E-state index is 11.5. The molecule has 0 radical (unpaired) electrons. The van der Waals surface area contributed by atoms with Gasteiger partial charge in [-0.3, -0.25) is 0 Å². The van der Waals surface area contributed by atoms with Gasteiger partial charge >= 0.3 is 5.97 Å². The number of carboxylic acids is 1. The van der Waals surface area contributed by atoms with E-state index in [1.165, 1.54) is 11.5 Å². The number of hydrogen-bond acceptors (Lipinski definition) is 6. The summed E-state index contributed by atoms with van der Waals surface area (Å²) in [5, 5.41) is 13.1. The molecule has 0 amide bonds. The quantitative estimate of drug-likeness (QED) is 0.882. The lowest BCUT2D eigenvalue weighted by molar-refractivity contribution is -0.145. The standard InChI is InChI=1S/C12H19N3O3S/c1-11(2,3)8-13-10(19-15-8)14-12(9(16)17)4-6-18-7-5-12/h4-7H2,1-3H3,(H,16,17)(H,13,14,15). The minimum absolute atomic E-state index is 0.136. The molecule has 7 heteroatoms. The fourth-order valence-electron chi connectivity index (χ4n) is 1.90. The van der Waals surface area contributed by atoms with E-state index < -0.39 is 11.5 Å². The second-order valence-electron chi connectivity index (χ2n) is 5.80. The maximum atomic E-state index is 11.5. The number of carbonyl (C=O) groups is 1. The van der Waals surface area contributed by atoms with Crippen molar-refractivity contribution < 1.29 is 14.6 Å². The minimum atomic E-state index is -0.979. The van der Waals surface area contributed by atoms with Crippen LogP contribution >= 0.6 is 11.5 Å². The highest BCUT2D eigenvalue weighted by atomic mass is 32.1. The predicted molar refractivity (Wildman–Crippen MR) is 72.7 cm³/mol. The molecule has 0 spiro atoms. The highest BCUT2D eigenvalue weighted by Gasteiger charge is 2.41. The molecule has 0 unspecified atom stereocenters. The Morgan fingerprint density at radius 1 is 1.42 bits per heavy atom. The van der Waals surface area contributed by atoms with E-state index in [2.05, 4.69) is 14.7 Å². The molecule has 1 aliphatic rings. The Labute approximate surface area is 116 Å². The van der Waals surface area contributed by atoms with Crippen LogP contribution in [0.25, 0.3) is 0 Å². The molecule has 1 aliphatic heterocycles. The average Bonchev–Trinajstić information content (AvgIpc) is 2.78. The molecule has 6 nitrogen and oxygen atoms in total. The monoisotopic (exact) mass is 285 g/mol. The molecule has 2 heterocycles. The van der Waals surface area contributed by atoms with Gasteiger partial charge in [0.05, 0.1) is 0 Å². The zero-order valence-electron chi connectivity index (χ0n) is 11.4. The number of hydrogen-bond donors (Lipinski definition) is 2. The van der Waals surface area contributed by atoms with Crippen LogP contribution in [0.3, 0.4) is 0 Å². The maximum Gasteiger partial charge on any atom is 0.329 e. The van der Waals surface area contributed by atoms with Crippen LogP contribution in [0.4, 0.5) is 5.13 Å². The molecule has 1 aromatic heterocycles. The second kappa shape index (κ2) is 5.05. The lowest BCUT2D eigenvalue weighted by atomic mass is 9.90. The van der Waals surface area contributed by atoms with Crippen LogP contribution in [-0.4, -0.2) is 39.2 Å². The third kappa shape index (κ3) is 3.03. The molecule has 1 fully saturated rings. The third-order valence-corrected chi connectivity index (χ3v) is 3.83. The summed E-state index contributed by atoms with van der Waals surface area (Å²) in [6.45, 7) is 6.98. The summed E-state index contributed by atoms with van der Waals surface area (Å²) in [6.07, 6.45) is 0.875. The number of aromatic nitrogens is 2. The van der Waals surface area contributed by atoms with Gasteiger partial charge < -0.3 is 15.2 Å². The first kappa shape index (κ1) is 14.2. The lowest BCUT2D eigenvalue weighted by Crippen LogP contribution is -2.50. The van der Waals surface area contributed by atoms with E-state index in [-0.39, 0.29) is 5.41 Å². The summed E-state index contributed by atoms with van der Waals surface area (Å²) in [7, 11) is 0. The minimum Gasteiger partial charge on any atom is -0.480 e. The van der Waals surface area contributed by atoms with Crippen molar-refractivity contribution in [1.82, 2.24) is 9.36 Å². The Kier molecular flexibility index (Phi) is 3.78. The Balaban J connectivity index is 2.18. The first-order valence-electron chi connectivity index (χ1n) is 6.27. The predicted octanol–water partition coefficient (Wildman–Crippen LogP) is 1.88. The highest BCUT2D eigenvalue weighted by Crippen LogP contribution is 2.29. The zero-order valence-corrected chi connectivity index (χ0v) is 12.2. The van der Waals surface area contributed by atoms with Crippen molar-refractivity contribution >= 4 is 22.6 Å². The van der Waals surface area contributed by atoms with Crippen LogP contribution in [0.1, 0.15) is 39.4 Å². The van der Waals surface area contributed by atoms with Crippen LogP contribution < -0.4 is 5.32 Å². The van der Waals surface area contributed by atoms with Crippen LogP contribution in [0.2, 0.25) is 0 Å². The van der Waals surface area contributed by atoms with Crippen LogP contribution in [0.5, 0.6) is 0 Å². The topological polar surface area (TPSA) is 84.3 Å². The number of ether oxygens (including phenoxy) is 1. The van der Waals surface area contributed by atoms with E-state index >= 15 is 0 Å². The smallest absolute Gasteiger partial charge is 0.329 e. The summed E-state index contributed by atoms with van der Waals surface area (Å²) in [4.78, 5) is 15.9. The molecular weight excluding hydrogens is 266 g/mol. The Morgan fingerprint density at radius 2 is 2.05 bits per heavy atom. The summed E-state index contributed by atoms with van der Waals surface area (Å²) in [5.41, 5.74) is -1.12. The van der Waals surface area contributed by atoms with E-state index in [1.54, 1.807) is 0 Å². The fourth-order valence-corrected chi connectivity index (χ4v) is 2.75. The molecule has 1 saturated heterocycles.